The molecule has 0 spiro atoms. The summed E-state index contributed by atoms with van der Waals surface area (Å²) in [7, 11) is 0. The third kappa shape index (κ3) is 2.71. The van der Waals surface area contributed by atoms with Crippen LogP contribution < -0.4 is 5.32 Å². The molecule has 1 aliphatic carbocycles. The van der Waals surface area contributed by atoms with E-state index >= 15 is 0 Å². The van der Waals surface area contributed by atoms with Crippen LogP contribution in [0.2, 0.25) is 0 Å². The average molecular weight is 275 g/mol. The number of benzene rings is 1. The first-order valence-electron chi connectivity index (χ1n) is 6.52. The smallest absolute Gasteiger partial charge is 0.253 e. The number of amides is 1. The maximum atomic E-state index is 12.2. The number of halogens is 1. The van der Waals surface area contributed by atoms with E-state index in [-0.39, 0.29) is 11.3 Å². The summed E-state index contributed by atoms with van der Waals surface area (Å²) in [6.07, 6.45) is 4.06. The van der Waals surface area contributed by atoms with Gasteiger partial charge in [0.25, 0.3) is 5.91 Å². The quantitative estimate of drug-likeness (QED) is 0.871. The minimum absolute atomic E-state index is 0.0480. The topological polar surface area (TPSA) is 42.0 Å². The second-order valence-corrected chi connectivity index (χ2v) is 5.50. The van der Waals surface area contributed by atoms with Crippen molar-refractivity contribution >= 4 is 28.4 Å². The van der Waals surface area contributed by atoms with E-state index in [4.69, 9.17) is 11.6 Å². The van der Waals surface area contributed by atoms with E-state index in [2.05, 4.69) is 10.3 Å². The number of pyridine rings is 1. The summed E-state index contributed by atoms with van der Waals surface area (Å²) in [6.45, 7) is 0.522. The molecule has 1 aromatic carbocycles. The Morgan fingerprint density at radius 2 is 2.16 bits per heavy atom. The number of rotatable bonds is 4. The Bertz CT molecular complexity index is 605. The molecule has 2 aromatic rings. The minimum atomic E-state index is -0.101. The number of nitrogens with zero attached hydrogens (tertiary/aromatic N) is 1. The van der Waals surface area contributed by atoms with Crippen LogP contribution in [0.25, 0.3) is 10.9 Å². The van der Waals surface area contributed by atoms with Crippen LogP contribution in [-0.2, 0) is 0 Å². The first-order valence-corrected chi connectivity index (χ1v) is 6.95. The standard InChI is InChI=1S/C15H15ClN2O/c16-13(10-6-7-10)9-18-15(19)12-5-1-3-11-4-2-8-17-14(11)12/h1-5,8,10,13H,6-7,9H2,(H,18,19). The van der Waals surface area contributed by atoms with Crippen LogP contribution in [0.3, 0.4) is 0 Å². The molecule has 1 saturated carbocycles. The van der Waals surface area contributed by atoms with Gasteiger partial charge in [-0.15, -0.1) is 11.6 Å². The van der Waals surface area contributed by atoms with Crippen molar-refractivity contribution in [1.82, 2.24) is 10.3 Å². The summed E-state index contributed by atoms with van der Waals surface area (Å²) in [5, 5.41) is 3.92. The van der Waals surface area contributed by atoms with E-state index in [0.717, 1.165) is 10.9 Å². The van der Waals surface area contributed by atoms with E-state index in [0.29, 0.717) is 18.0 Å². The molecule has 1 N–H and O–H groups in total. The molecule has 0 aliphatic heterocycles. The molecule has 1 unspecified atom stereocenters. The van der Waals surface area contributed by atoms with Gasteiger partial charge in [-0.2, -0.15) is 0 Å². The van der Waals surface area contributed by atoms with Crippen molar-refractivity contribution in [3.05, 3.63) is 42.1 Å². The lowest BCUT2D eigenvalue weighted by atomic mass is 10.1. The maximum Gasteiger partial charge on any atom is 0.253 e. The van der Waals surface area contributed by atoms with Crippen LogP contribution in [0.4, 0.5) is 0 Å². The Hall–Kier alpha value is -1.61. The van der Waals surface area contributed by atoms with Crippen molar-refractivity contribution in [3.8, 4) is 0 Å². The summed E-state index contributed by atoms with van der Waals surface area (Å²) in [4.78, 5) is 16.5. The normalized spacial score (nSPS) is 16.3. The summed E-state index contributed by atoms with van der Waals surface area (Å²) < 4.78 is 0. The molecule has 4 heteroatoms. The molecule has 1 heterocycles. The second kappa shape index (κ2) is 5.17. The molecule has 19 heavy (non-hydrogen) atoms. The van der Waals surface area contributed by atoms with E-state index in [1.807, 2.05) is 24.3 Å². The molecule has 3 nitrogen and oxygen atoms in total. The molecule has 0 radical (unpaired) electrons. The molecule has 0 bridgehead atoms. The van der Waals surface area contributed by atoms with E-state index < -0.39 is 0 Å². The van der Waals surface area contributed by atoms with Gasteiger partial charge in [0, 0.05) is 18.1 Å². The predicted molar refractivity (Wildman–Crippen MR) is 76.4 cm³/mol. The fourth-order valence-electron chi connectivity index (χ4n) is 2.20. The van der Waals surface area contributed by atoms with Crippen LogP contribution in [-0.4, -0.2) is 22.8 Å². The predicted octanol–water partition coefficient (Wildman–Crippen LogP) is 2.98. The van der Waals surface area contributed by atoms with Gasteiger partial charge in [-0.3, -0.25) is 9.78 Å². The SMILES string of the molecule is O=C(NCC(Cl)C1CC1)c1cccc2cccnc12. The van der Waals surface area contributed by atoms with Crippen LogP contribution >= 0.6 is 11.6 Å². The van der Waals surface area contributed by atoms with Crippen LogP contribution in [0.5, 0.6) is 0 Å². The molecule has 98 valence electrons. The monoisotopic (exact) mass is 274 g/mol. The first kappa shape index (κ1) is 12.4. The summed E-state index contributed by atoms with van der Waals surface area (Å²) >= 11 is 6.20. The largest absolute Gasteiger partial charge is 0.350 e. The molecule has 1 amide bonds. The number of hydrogen-bond acceptors (Lipinski definition) is 2. The van der Waals surface area contributed by atoms with E-state index in [9.17, 15) is 4.79 Å². The molecule has 1 aromatic heterocycles. The van der Waals surface area contributed by atoms with Gasteiger partial charge >= 0.3 is 0 Å². The number of para-hydroxylation sites is 1. The highest BCUT2D eigenvalue weighted by Gasteiger charge is 2.29. The lowest BCUT2D eigenvalue weighted by Gasteiger charge is -2.10. The zero-order valence-electron chi connectivity index (χ0n) is 10.5. The fourth-order valence-corrected chi connectivity index (χ4v) is 2.53. The number of nitrogens with one attached hydrogen (secondary N) is 1. The third-order valence-corrected chi connectivity index (χ3v) is 3.98. The van der Waals surface area contributed by atoms with Crippen molar-refractivity contribution in [2.45, 2.75) is 18.2 Å². The van der Waals surface area contributed by atoms with Crippen molar-refractivity contribution in [3.63, 3.8) is 0 Å². The zero-order chi connectivity index (χ0) is 13.2. The van der Waals surface area contributed by atoms with Gasteiger partial charge in [-0.05, 0) is 30.9 Å². The highest BCUT2D eigenvalue weighted by molar-refractivity contribution is 6.21. The Balaban J connectivity index is 1.77. The Kier molecular flexibility index (Phi) is 3.38. The minimum Gasteiger partial charge on any atom is -0.350 e. The third-order valence-electron chi connectivity index (χ3n) is 3.47. The Labute approximate surface area is 117 Å². The van der Waals surface area contributed by atoms with Crippen molar-refractivity contribution in [2.24, 2.45) is 5.92 Å². The molecule has 1 fully saturated rings. The lowest BCUT2D eigenvalue weighted by Crippen LogP contribution is -2.30. The van der Waals surface area contributed by atoms with E-state index in [1.54, 1.807) is 12.3 Å². The van der Waals surface area contributed by atoms with E-state index in [1.165, 1.54) is 12.8 Å². The molecule has 0 saturated heterocycles. The molecular weight excluding hydrogens is 260 g/mol. The number of aromatic nitrogens is 1. The highest BCUT2D eigenvalue weighted by atomic mass is 35.5. The molecular formula is C15H15ClN2O. The van der Waals surface area contributed by atoms with Gasteiger partial charge in [0.1, 0.15) is 0 Å². The Morgan fingerprint density at radius 3 is 2.95 bits per heavy atom. The summed E-state index contributed by atoms with van der Waals surface area (Å²) in [5.74, 6) is 0.475. The molecule has 1 aliphatic rings. The zero-order valence-corrected chi connectivity index (χ0v) is 11.2. The van der Waals surface area contributed by atoms with Crippen LogP contribution in [0.1, 0.15) is 23.2 Å². The molecule has 3 rings (SSSR count). The number of hydrogen-bond donors (Lipinski definition) is 1. The van der Waals surface area contributed by atoms with Crippen LogP contribution in [0, 0.1) is 5.92 Å². The fraction of sp³-hybridized carbons (Fsp3) is 0.333. The van der Waals surface area contributed by atoms with Gasteiger partial charge in [0.2, 0.25) is 0 Å². The van der Waals surface area contributed by atoms with Gasteiger partial charge < -0.3 is 5.32 Å². The number of alkyl halides is 1. The number of carbonyl (C=O) groups excluding carboxylic acids is 1. The van der Waals surface area contributed by atoms with Gasteiger partial charge in [0.05, 0.1) is 16.5 Å². The van der Waals surface area contributed by atoms with Crippen molar-refractivity contribution in [2.75, 3.05) is 6.54 Å². The number of fused-ring (bicyclic) bond motifs is 1. The highest BCUT2D eigenvalue weighted by Crippen LogP contribution is 2.35. The summed E-state index contributed by atoms with van der Waals surface area (Å²) in [6, 6.07) is 9.44. The second-order valence-electron chi connectivity index (χ2n) is 4.94. The maximum absolute atomic E-state index is 12.2. The van der Waals surface area contributed by atoms with Gasteiger partial charge in [-0.25, -0.2) is 0 Å². The van der Waals surface area contributed by atoms with Crippen molar-refractivity contribution in [1.29, 1.82) is 0 Å². The summed E-state index contributed by atoms with van der Waals surface area (Å²) in [5.41, 5.74) is 1.35. The average Bonchev–Trinajstić information content (AvgIpc) is 3.28. The lowest BCUT2D eigenvalue weighted by molar-refractivity contribution is 0.0954. The number of carbonyl (C=O) groups is 1. The Morgan fingerprint density at radius 1 is 1.37 bits per heavy atom. The van der Waals surface area contributed by atoms with Gasteiger partial charge in [-0.1, -0.05) is 18.2 Å². The van der Waals surface area contributed by atoms with Gasteiger partial charge in [0.15, 0.2) is 0 Å². The molecule has 1 atom stereocenters. The van der Waals surface area contributed by atoms with Crippen LogP contribution in [0.15, 0.2) is 36.5 Å². The van der Waals surface area contributed by atoms with Crippen molar-refractivity contribution < 1.29 is 4.79 Å². The first-order chi connectivity index (χ1) is 9.25.